The molecule has 1 rings (SSSR count). The van der Waals surface area contributed by atoms with E-state index in [0.29, 0.717) is 5.56 Å². The summed E-state index contributed by atoms with van der Waals surface area (Å²) in [7, 11) is 0. The zero-order valence-corrected chi connectivity index (χ0v) is 11.0. The first-order valence-corrected chi connectivity index (χ1v) is 5.94. The molecule has 3 N–H and O–H groups in total. The quantitative estimate of drug-likeness (QED) is 0.683. The van der Waals surface area contributed by atoms with E-state index in [1.54, 1.807) is 6.07 Å². The second kappa shape index (κ2) is 6.81. The smallest absolute Gasteiger partial charge is 0.306 e. The molecule has 0 aliphatic rings. The average molecular weight is 281 g/mol. The molecule has 5 nitrogen and oxygen atoms in total. The van der Waals surface area contributed by atoms with Crippen LogP contribution >= 0.6 is 0 Å². The molecule has 0 saturated heterocycles. The van der Waals surface area contributed by atoms with Crippen LogP contribution < -0.4 is 5.32 Å². The molecule has 0 saturated carbocycles. The zero-order chi connectivity index (χ0) is 15.2. The normalized spacial score (nSPS) is 13.9. The van der Waals surface area contributed by atoms with E-state index >= 15 is 0 Å². The number of rotatable bonds is 6. The first-order valence-electron chi connectivity index (χ1n) is 5.94. The molecule has 1 amide bonds. The molecule has 0 spiro atoms. The monoisotopic (exact) mass is 281 g/mol. The van der Waals surface area contributed by atoms with E-state index in [9.17, 15) is 19.1 Å². The van der Waals surface area contributed by atoms with Crippen LogP contribution in [0.3, 0.4) is 0 Å². The highest BCUT2D eigenvalue weighted by molar-refractivity contribution is 5.91. The van der Waals surface area contributed by atoms with E-state index in [2.05, 4.69) is 5.32 Å². The highest BCUT2D eigenvalue weighted by Crippen LogP contribution is 2.08. The summed E-state index contributed by atoms with van der Waals surface area (Å²) in [4.78, 5) is 22.0. The molecule has 0 aliphatic heterocycles. The third kappa shape index (κ3) is 6.10. The molecule has 0 aromatic heterocycles. The number of carbonyl (C=O) groups excluding carboxylic acids is 1. The van der Waals surface area contributed by atoms with E-state index in [1.165, 1.54) is 37.3 Å². The molecule has 1 unspecified atom stereocenters. The Hall–Kier alpha value is -2.21. The number of nitrogens with one attached hydrogen (secondary N) is 1. The summed E-state index contributed by atoms with van der Waals surface area (Å²) in [6.07, 6.45) is 2.14. The molecule has 1 aromatic rings. The summed E-state index contributed by atoms with van der Waals surface area (Å²) in [5, 5.41) is 20.6. The predicted molar refractivity (Wildman–Crippen MR) is 71.3 cm³/mol. The zero-order valence-electron chi connectivity index (χ0n) is 11.0. The van der Waals surface area contributed by atoms with E-state index in [0.717, 1.165) is 0 Å². The van der Waals surface area contributed by atoms with Crippen molar-refractivity contribution in [2.75, 3.05) is 6.54 Å². The summed E-state index contributed by atoms with van der Waals surface area (Å²) in [5.41, 5.74) is -0.994. The number of carboxylic acid groups (broad SMARTS) is 1. The average Bonchev–Trinajstić information content (AvgIpc) is 2.32. The molecular formula is C14H16FNO4. The topological polar surface area (TPSA) is 86.6 Å². The van der Waals surface area contributed by atoms with E-state index in [4.69, 9.17) is 5.11 Å². The minimum atomic E-state index is -1.52. The molecule has 0 radical (unpaired) electrons. The van der Waals surface area contributed by atoms with Crippen molar-refractivity contribution in [3.05, 3.63) is 41.7 Å². The maximum Gasteiger partial charge on any atom is 0.306 e. The van der Waals surface area contributed by atoms with Crippen molar-refractivity contribution in [2.24, 2.45) is 0 Å². The summed E-state index contributed by atoms with van der Waals surface area (Å²) < 4.78 is 12.9. The number of carboxylic acids is 1. The number of carbonyl (C=O) groups is 2. The molecule has 20 heavy (non-hydrogen) atoms. The number of benzene rings is 1. The molecule has 108 valence electrons. The Morgan fingerprint density at radius 3 is 2.75 bits per heavy atom. The number of hydrogen-bond donors (Lipinski definition) is 3. The minimum absolute atomic E-state index is 0.189. The Labute approximate surface area is 115 Å². The van der Waals surface area contributed by atoms with Gasteiger partial charge in [0.25, 0.3) is 0 Å². The van der Waals surface area contributed by atoms with Crippen LogP contribution in [0.15, 0.2) is 30.3 Å². The maximum absolute atomic E-state index is 12.9. The van der Waals surface area contributed by atoms with Crippen molar-refractivity contribution in [2.45, 2.75) is 18.9 Å². The summed E-state index contributed by atoms with van der Waals surface area (Å²) in [5.74, 6) is -2.06. The van der Waals surface area contributed by atoms with E-state index < -0.39 is 29.7 Å². The van der Waals surface area contributed by atoms with Crippen LogP contribution in [-0.4, -0.2) is 34.2 Å². The van der Waals surface area contributed by atoms with Crippen molar-refractivity contribution in [3.8, 4) is 0 Å². The van der Waals surface area contributed by atoms with Gasteiger partial charge in [-0.1, -0.05) is 12.1 Å². The Morgan fingerprint density at radius 1 is 1.45 bits per heavy atom. The Morgan fingerprint density at radius 2 is 2.15 bits per heavy atom. The van der Waals surface area contributed by atoms with Gasteiger partial charge in [-0.3, -0.25) is 9.59 Å². The van der Waals surface area contributed by atoms with Gasteiger partial charge >= 0.3 is 5.97 Å². The van der Waals surface area contributed by atoms with Crippen molar-refractivity contribution in [1.82, 2.24) is 5.32 Å². The number of amides is 1. The first-order chi connectivity index (χ1) is 9.28. The lowest BCUT2D eigenvalue weighted by molar-refractivity contribution is -0.142. The molecule has 0 bridgehead atoms. The second-order valence-electron chi connectivity index (χ2n) is 4.67. The number of aliphatic hydroxyl groups is 1. The number of hydrogen-bond acceptors (Lipinski definition) is 3. The van der Waals surface area contributed by atoms with Gasteiger partial charge in [-0.25, -0.2) is 4.39 Å². The van der Waals surface area contributed by atoms with Crippen LogP contribution in [0.4, 0.5) is 4.39 Å². The number of halogens is 1. The summed E-state index contributed by atoms with van der Waals surface area (Å²) >= 11 is 0. The van der Waals surface area contributed by atoms with Crippen LogP contribution in [0, 0.1) is 5.82 Å². The molecular weight excluding hydrogens is 265 g/mol. The van der Waals surface area contributed by atoms with Gasteiger partial charge in [0.15, 0.2) is 0 Å². The van der Waals surface area contributed by atoms with Gasteiger partial charge in [0.1, 0.15) is 5.82 Å². The van der Waals surface area contributed by atoms with Crippen molar-refractivity contribution >= 4 is 18.0 Å². The Bertz CT molecular complexity index is 526. The fourth-order valence-corrected chi connectivity index (χ4v) is 1.51. The fraction of sp³-hybridized carbons (Fsp3) is 0.286. The summed E-state index contributed by atoms with van der Waals surface area (Å²) in [6, 6.07) is 5.71. The van der Waals surface area contributed by atoms with Crippen LogP contribution in [0.5, 0.6) is 0 Å². The third-order valence-corrected chi connectivity index (χ3v) is 2.45. The molecule has 0 heterocycles. The van der Waals surface area contributed by atoms with Gasteiger partial charge in [-0.05, 0) is 30.7 Å². The summed E-state index contributed by atoms with van der Waals surface area (Å²) in [6.45, 7) is 1.13. The second-order valence-corrected chi connectivity index (χ2v) is 4.67. The van der Waals surface area contributed by atoms with Crippen molar-refractivity contribution < 1.29 is 24.2 Å². The first kappa shape index (κ1) is 15.8. The largest absolute Gasteiger partial charge is 0.481 e. The predicted octanol–water partition coefficient (Wildman–Crippen LogP) is 1.18. The van der Waals surface area contributed by atoms with E-state index in [1.807, 2.05) is 0 Å². The molecule has 0 aliphatic carbocycles. The molecule has 0 fully saturated rings. The van der Waals surface area contributed by atoms with Crippen molar-refractivity contribution in [1.29, 1.82) is 0 Å². The Balaban J connectivity index is 2.50. The SMILES string of the molecule is CC(O)(CNC(=O)C=Cc1cccc(F)c1)CC(=O)O. The van der Waals surface area contributed by atoms with Gasteiger partial charge in [-0.2, -0.15) is 0 Å². The lowest BCUT2D eigenvalue weighted by Crippen LogP contribution is -2.41. The van der Waals surface area contributed by atoms with Gasteiger partial charge in [0.2, 0.25) is 5.91 Å². The third-order valence-electron chi connectivity index (χ3n) is 2.45. The lowest BCUT2D eigenvalue weighted by atomic mass is 10.0. The fourth-order valence-electron chi connectivity index (χ4n) is 1.51. The molecule has 1 aromatic carbocycles. The van der Waals surface area contributed by atoms with Crippen molar-refractivity contribution in [3.63, 3.8) is 0 Å². The van der Waals surface area contributed by atoms with E-state index in [-0.39, 0.29) is 6.54 Å². The highest BCUT2D eigenvalue weighted by atomic mass is 19.1. The molecule has 1 atom stereocenters. The van der Waals surface area contributed by atoms with Crippen LogP contribution in [0.1, 0.15) is 18.9 Å². The Kier molecular flexibility index (Phi) is 5.40. The standard InChI is InChI=1S/C14H16FNO4/c1-14(20,8-13(18)19)9-16-12(17)6-5-10-3-2-4-11(15)7-10/h2-7,20H,8-9H2,1H3,(H,16,17)(H,18,19). The molecule has 6 heteroatoms. The highest BCUT2D eigenvalue weighted by Gasteiger charge is 2.24. The van der Waals surface area contributed by atoms with Crippen LogP contribution in [-0.2, 0) is 9.59 Å². The lowest BCUT2D eigenvalue weighted by Gasteiger charge is -2.20. The van der Waals surface area contributed by atoms with Gasteiger partial charge < -0.3 is 15.5 Å². The number of aliphatic carboxylic acids is 1. The van der Waals surface area contributed by atoms with Crippen LogP contribution in [0.2, 0.25) is 0 Å². The van der Waals surface area contributed by atoms with Gasteiger partial charge in [0.05, 0.1) is 12.0 Å². The van der Waals surface area contributed by atoms with Gasteiger partial charge in [-0.15, -0.1) is 0 Å². The van der Waals surface area contributed by atoms with Crippen LogP contribution in [0.25, 0.3) is 6.08 Å². The maximum atomic E-state index is 12.9. The minimum Gasteiger partial charge on any atom is -0.481 e. The van der Waals surface area contributed by atoms with Gasteiger partial charge in [0, 0.05) is 12.6 Å².